The summed E-state index contributed by atoms with van der Waals surface area (Å²) in [5.41, 5.74) is 2.94. The van der Waals surface area contributed by atoms with Crippen molar-refractivity contribution in [3.63, 3.8) is 0 Å². The summed E-state index contributed by atoms with van der Waals surface area (Å²) in [6, 6.07) is 6.43. The van der Waals surface area contributed by atoms with Crippen LogP contribution in [-0.2, 0) is 6.42 Å². The van der Waals surface area contributed by atoms with Gasteiger partial charge in [0.15, 0.2) is 0 Å². The van der Waals surface area contributed by atoms with Gasteiger partial charge in [0, 0.05) is 6.54 Å². The molecule has 0 aromatic heterocycles. The van der Waals surface area contributed by atoms with Gasteiger partial charge in [0.2, 0.25) is 0 Å². The number of ether oxygens (including phenoxy) is 1. The third-order valence-electron chi connectivity index (χ3n) is 3.66. The van der Waals surface area contributed by atoms with Gasteiger partial charge in [-0.15, -0.1) is 0 Å². The summed E-state index contributed by atoms with van der Waals surface area (Å²) in [6.07, 6.45) is 2.24. The minimum absolute atomic E-state index is 0.309. The zero-order valence-electron chi connectivity index (χ0n) is 14.0. The molecule has 0 fully saturated rings. The fourth-order valence-electron chi connectivity index (χ4n) is 2.36. The first-order valence-electron chi connectivity index (χ1n) is 7.68. The van der Waals surface area contributed by atoms with Crippen molar-refractivity contribution in [1.82, 2.24) is 5.32 Å². The Morgan fingerprint density at radius 3 is 2.55 bits per heavy atom. The lowest BCUT2D eigenvalue weighted by atomic mass is 9.85. The number of hydrogen-bond acceptors (Lipinski definition) is 2. The van der Waals surface area contributed by atoms with Crippen molar-refractivity contribution in [3.8, 4) is 5.75 Å². The van der Waals surface area contributed by atoms with Crippen LogP contribution in [0.1, 0.15) is 45.2 Å². The number of benzene rings is 1. The van der Waals surface area contributed by atoms with E-state index in [-0.39, 0.29) is 0 Å². The van der Waals surface area contributed by atoms with E-state index in [2.05, 4.69) is 58.1 Å². The van der Waals surface area contributed by atoms with Gasteiger partial charge < -0.3 is 10.1 Å². The molecule has 2 heteroatoms. The van der Waals surface area contributed by atoms with Gasteiger partial charge in [0.05, 0.1) is 7.11 Å². The SMILES string of the molecule is COc1ccc(C)cc1CCC(C)(C)CNCC(C)C. The number of methoxy groups -OCH3 is 1. The number of aryl methyl sites for hydroxylation is 2. The van der Waals surface area contributed by atoms with E-state index in [9.17, 15) is 0 Å². The van der Waals surface area contributed by atoms with Crippen LogP contribution in [0.15, 0.2) is 18.2 Å². The molecule has 2 nitrogen and oxygen atoms in total. The molecule has 1 N–H and O–H groups in total. The summed E-state index contributed by atoms with van der Waals surface area (Å²) in [4.78, 5) is 0. The zero-order chi connectivity index (χ0) is 15.2. The lowest BCUT2D eigenvalue weighted by Gasteiger charge is -2.26. The molecule has 0 amide bonds. The second-order valence-corrected chi connectivity index (χ2v) is 7.00. The molecule has 0 saturated carbocycles. The molecule has 0 unspecified atom stereocenters. The average molecular weight is 277 g/mol. The van der Waals surface area contributed by atoms with Crippen molar-refractivity contribution in [2.24, 2.45) is 11.3 Å². The second-order valence-electron chi connectivity index (χ2n) is 7.00. The normalized spacial score (nSPS) is 11.9. The van der Waals surface area contributed by atoms with Crippen LogP contribution < -0.4 is 10.1 Å². The number of hydrogen-bond donors (Lipinski definition) is 1. The molecule has 1 aromatic rings. The van der Waals surface area contributed by atoms with Crippen molar-refractivity contribution < 1.29 is 4.74 Å². The Kier molecular flexibility index (Phi) is 6.54. The Balaban J connectivity index is 2.54. The number of nitrogens with one attached hydrogen (secondary N) is 1. The summed E-state index contributed by atoms with van der Waals surface area (Å²) in [5.74, 6) is 1.73. The highest BCUT2D eigenvalue weighted by Crippen LogP contribution is 2.27. The molecule has 1 aromatic carbocycles. The topological polar surface area (TPSA) is 21.3 Å². The Hall–Kier alpha value is -1.02. The van der Waals surface area contributed by atoms with Crippen LogP contribution in [-0.4, -0.2) is 20.2 Å². The van der Waals surface area contributed by atoms with Gasteiger partial charge in [-0.2, -0.15) is 0 Å². The van der Waals surface area contributed by atoms with E-state index in [1.807, 2.05) is 0 Å². The molecule has 1 rings (SSSR count). The lowest BCUT2D eigenvalue weighted by molar-refractivity contribution is 0.306. The predicted octanol–water partition coefficient (Wildman–Crippen LogP) is 4.21. The van der Waals surface area contributed by atoms with Gasteiger partial charge in [-0.25, -0.2) is 0 Å². The van der Waals surface area contributed by atoms with E-state index in [1.54, 1.807) is 7.11 Å². The van der Waals surface area contributed by atoms with E-state index in [0.717, 1.165) is 31.7 Å². The molecule has 0 atom stereocenters. The van der Waals surface area contributed by atoms with Crippen LogP contribution in [0.3, 0.4) is 0 Å². The summed E-state index contributed by atoms with van der Waals surface area (Å²) < 4.78 is 5.46. The van der Waals surface area contributed by atoms with E-state index < -0.39 is 0 Å². The third kappa shape index (κ3) is 5.96. The largest absolute Gasteiger partial charge is 0.496 e. The van der Waals surface area contributed by atoms with Gasteiger partial charge >= 0.3 is 0 Å². The molecule has 0 saturated heterocycles. The van der Waals surface area contributed by atoms with Crippen molar-refractivity contribution in [3.05, 3.63) is 29.3 Å². The highest BCUT2D eigenvalue weighted by Gasteiger charge is 2.18. The van der Waals surface area contributed by atoms with Gasteiger partial charge in [-0.3, -0.25) is 0 Å². The molecular formula is C18H31NO. The highest BCUT2D eigenvalue weighted by atomic mass is 16.5. The lowest BCUT2D eigenvalue weighted by Crippen LogP contribution is -2.32. The third-order valence-corrected chi connectivity index (χ3v) is 3.66. The summed E-state index contributed by atoms with van der Waals surface area (Å²) in [6.45, 7) is 13.5. The molecule has 0 heterocycles. The first-order chi connectivity index (χ1) is 9.34. The molecule has 20 heavy (non-hydrogen) atoms. The number of rotatable bonds is 8. The van der Waals surface area contributed by atoms with Gasteiger partial charge in [0.1, 0.15) is 5.75 Å². The monoisotopic (exact) mass is 277 g/mol. The molecule has 0 aliphatic rings. The van der Waals surface area contributed by atoms with Gasteiger partial charge in [-0.1, -0.05) is 45.4 Å². The standard InChI is InChI=1S/C18H31NO/c1-14(2)12-19-13-18(4,5)10-9-16-11-15(3)7-8-17(16)20-6/h7-8,11,14,19H,9-10,12-13H2,1-6H3. The smallest absolute Gasteiger partial charge is 0.122 e. The maximum absolute atomic E-state index is 5.46. The fraction of sp³-hybridized carbons (Fsp3) is 0.667. The Bertz CT molecular complexity index is 410. The maximum Gasteiger partial charge on any atom is 0.122 e. The molecule has 114 valence electrons. The Morgan fingerprint density at radius 1 is 1.25 bits per heavy atom. The van der Waals surface area contributed by atoms with Crippen LogP contribution >= 0.6 is 0 Å². The Labute approximate surface area is 124 Å². The van der Waals surface area contributed by atoms with Crippen LogP contribution in [0.5, 0.6) is 5.75 Å². The Morgan fingerprint density at radius 2 is 1.95 bits per heavy atom. The minimum Gasteiger partial charge on any atom is -0.496 e. The summed E-state index contributed by atoms with van der Waals surface area (Å²) >= 11 is 0. The van der Waals surface area contributed by atoms with E-state index >= 15 is 0 Å². The molecule has 0 radical (unpaired) electrons. The van der Waals surface area contributed by atoms with Gasteiger partial charge in [0.25, 0.3) is 0 Å². The molecule has 0 spiro atoms. The van der Waals surface area contributed by atoms with Crippen molar-refractivity contribution in [2.75, 3.05) is 20.2 Å². The van der Waals surface area contributed by atoms with Gasteiger partial charge in [-0.05, 0) is 49.3 Å². The van der Waals surface area contributed by atoms with Crippen molar-refractivity contribution >= 4 is 0 Å². The van der Waals surface area contributed by atoms with Crippen LogP contribution in [0.2, 0.25) is 0 Å². The van der Waals surface area contributed by atoms with Crippen LogP contribution in [0.4, 0.5) is 0 Å². The highest BCUT2D eigenvalue weighted by molar-refractivity contribution is 5.37. The average Bonchev–Trinajstić information content (AvgIpc) is 2.36. The molecular weight excluding hydrogens is 246 g/mol. The van der Waals surface area contributed by atoms with Crippen molar-refractivity contribution in [2.45, 2.75) is 47.5 Å². The first-order valence-corrected chi connectivity index (χ1v) is 7.68. The fourth-order valence-corrected chi connectivity index (χ4v) is 2.36. The predicted molar refractivity (Wildman–Crippen MR) is 87.5 cm³/mol. The van der Waals surface area contributed by atoms with E-state index in [0.29, 0.717) is 11.3 Å². The molecule has 0 aliphatic heterocycles. The van der Waals surface area contributed by atoms with E-state index in [4.69, 9.17) is 4.74 Å². The maximum atomic E-state index is 5.46. The summed E-state index contributed by atoms with van der Waals surface area (Å²) in [7, 11) is 1.75. The minimum atomic E-state index is 0.309. The molecule has 0 aliphatic carbocycles. The quantitative estimate of drug-likeness (QED) is 0.768. The molecule has 0 bridgehead atoms. The zero-order valence-corrected chi connectivity index (χ0v) is 14.0. The van der Waals surface area contributed by atoms with Crippen LogP contribution in [0.25, 0.3) is 0 Å². The van der Waals surface area contributed by atoms with Crippen molar-refractivity contribution in [1.29, 1.82) is 0 Å². The summed E-state index contributed by atoms with van der Waals surface area (Å²) in [5, 5.41) is 3.57. The second kappa shape index (κ2) is 7.68. The van der Waals surface area contributed by atoms with Crippen LogP contribution in [0, 0.1) is 18.3 Å². The first kappa shape index (κ1) is 17.0. The van der Waals surface area contributed by atoms with E-state index in [1.165, 1.54) is 11.1 Å².